The van der Waals surface area contributed by atoms with Crippen molar-refractivity contribution in [3.8, 4) is 0 Å². The average Bonchev–Trinajstić information content (AvgIpc) is 3.13. The molecule has 25 heavy (non-hydrogen) atoms. The number of epoxide rings is 1. The summed E-state index contributed by atoms with van der Waals surface area (Å²) in [4.78, 5) is 24.4. The number of carbonyl (C=O) groups excluding carboxylic acids is 2. The fourth-order valence-corrected chi connectivity index (χ4v) is 7.15. The van der Waals surface area contributed by atoms with Gasteiger partial charge in [0.25, 0.3) is 0 Å². The van der Waals surface area contributed by atoms with E-state index in [9.17, 15) is 9.59 Å². The van der Waals surface area contributed by atoms with Crippen LogP contribution in [0.15, 0.2) is 35.5 Å². The first-order valence-corrected chi connectivity index (χ1v) is 9.54. The van der Waals surface area contributed by atoms with E-state index in [0.29, 0.717) is 11.8 Å². The van der Waals surface area contributed by atoms with Crippen molar-refractivity contribution < 1.29 is 14.3 Å². The second-order valence-electron chi connectivity index (χ2n) is 9.41. The van der Waals surface area contributed by atoms with Gasteiger partial charge in [-0.3, -0.25) is 9.59 Å². The van der Waals surface area contributed by atoms with E-state index in [1.54, 1.807) is 13.0 Å². The van der Waals surface area contributed by atoms with Crippen LogP contribution >= 0.6 is 0 Å². The SMILES string of the molecule is CC(=O)[C@@]12O[C@]1(C)C[C@H]1[C@@H]3CCC4=CC(=O)C=C[C@]4(C)C3=CC[C@@]12C. The molecule has 1 heterocycles. The molecule has 5 rings (SSSR count). The maximum Gasteiger partial charge on any atom is 0.178 e. The van der Waals surface area contributed by atoms with E-state index in [0.717, 1.165) is 25.7 Å². The second kappa shape index (κ2) is 4.25. The highest BCUT2D eigenvalue weighted by Crippen LogP contribution is 2.76. The summed E-state index contributed by atoms with van der Waals surface area (Å²) >= 11 is 0. The molecule has 1 saturated heterocycles. The molecule has 4 aliphatic carbocycles. The molecule has 3 nitrogen and oxygen atoms in total. The molecule has 0 spiro atoms. The zero-order chi connectivity index (χ0) is 17.8. The summed E-state index contributed by atoms with van der Waals surface area (Å²) in [6.07, 6.45) is 12.0. The number of ether oxygens (including phenoxy) is 1. The lowest BCUT2D eigenvalue weighted by molar-refractivity contribution is -0.129. The van der Waals surface area contributed by atoms with Crippen LogP contribution in [0.5, 0.6) is 0 Å². The van der Waals surface area contributed by atoms with Crippen LogP contribution < -0.4 is 0 Å². The standard InChI is InChI=1S/C22H26O3/c1-13(23)22-20(3)10-8-17-16(18(20)12-21(22,4)25-22)6-5-14-11-15(24)7-9-19(14,17)2/h7-9,11,16,18H,5-6,10,12H2,1-4H3/t16-,18+,19+,20+,21-,22+/m1/s1. The highest BCUT2D eigenvalue weighted by Gasteiger charge is 2.84. The molecule has 3 fully saturated rings. The minimum absolute atomic E-state index is 0.104. The van der Waals surface area contributed by atoms with Gasteiger partial charge in [0.15, 0.2) is 17.2 Å². The third kappa shape index (κ3) is 1.54. The smallest absolute Gasteiger partial charge is 0.178 e. The summed E-state index contributed by atoms with van der Waals surface area (Å²) < 4.78 is 6.14. The van der Waals surface area contributed by atoms with Gasteiger partial charge < -0.3 is 4.74 Å². The highest BCUT2D eigenvalue weighted by atomic mass is 16.6. The third-order valence-electron chi connectivity index (χ3n) is 8.33. The molecule has 0 aromatic rings. The van der Waals surface area contributed by atoms with Crippen molar-refractivity contribution in [2.75, 3.05) is 0 Å². The van der Waals surface area contributed by atoms with Gasteiger partial charge >= 0.3 is 0 Å². The Kier molecular flexibility index (Phi) is 2.68. The lowest BCUT2D eigenvalue weighted by Crippen LogP contribution is -2.50. The van der Waals surface area contributed by atoms with Crippen molar-refractivity contribution >= 4 is 11.6 Å². The first-order valence-electron chi connectivity index (χ1n) is 9.54. The van der Waals surface area contributed by atoms with Gasteiger partial charge in [0.1, 0.15) is 5.60 Å². The Balaban J connectivity index is 1.61. The fourth-order valence-electron chi connectivity index (χ4n) is 7.15. The lowest BCUT2D eigenvalue weighted by atomic mass is 9.51. The number of hydrogen-bond donors (Lipinski definition) is 0. The van der Waals surface area contributed by atoms with Crippen LogP contribution in [0.25, 0.3) is 0 Å². The number of rotatable bonds is 1. The maximum absolute atomic E-state index is 12.6. The van der Waals surface area contributed by atoms with Gasteiger partial charge in [-0.05, 0) is 70.4 Å². The Hall–Kier alpha value is -1.48. The molecule has 6 atom stereocenters. The lowest BCUT2D eigenvalue weighted by Gasteiger charge is -2.52. The van der Waals surface area contributed by atoms with Crippen LogP contribution in [0.1, 0.15) is 53.4 Å². The van der Waals surface area contributed by atoms with E-state index < -0.39 is 5.60 Å². The number of hydrogen-bond acceptors (Lipinski definition) is 3. The molecule has 0 aromatic carbocycles. The highest BCUT2D eigenvalue weighted by molar-refractivity contribution is 6.01. The third-order valence-corrected chi connectivity index (χ3v) is 8.33. The molecule has 2 saturated carbocycles. The molecular formula is C22H26O3. The monoisotopic (exact) mass is 338 g/mol. The van der Waals surface area contributed by atoms with E-state index in [1.165, 1.54) is 11.1 Å². The normalized spacial score (nSPS) is 52.4. The van der Waals surface area contributed by atoms with Crippen molar-refractivity contribution in [3.63, 3.8) is 0 Å². The Morgan fingerprint density at radius 1 is 1.28 bits per heavy atom. The number of Topliss-reactive ketones (excluding diaryl/α,β-unsaturated/α-hetero) is 1. The molecule has 0 unspecified atom stereocenters. The number of carbonyl (C=O) groups is 2. The van der Waals surface area contributed by atoms with E-state index in [1.807, 2.05) is 6.08 Å². The summed E-state index contributed by atoms with van der Waals surface area (Å²) in [5.41, 5.74) is 1.65. The van der Waals surface area contributed by atoms with Crippen LogP contribution in [-0.4, -0.2) is 22.8 Å². The second-order valence-corrected chi connectivity index (χ2v) is 9.41. The first-order chi connectivity index (χ1) is 11.7. The van der Waals surface area contributed by atoms with E-state index in [2.05, 4.69) is 32.9 Å². The van der Waals surface area contributed by atoms with Crippen molar-refractivity contribution in [2.24, 2.45) is 22.7 Å². The van der Waals surface area contributed by atoms with Gasteiger partial charge in [0.2, 0.25) is 0 Å². The van der Waals surface area contributed by atoms with Gasteiger partial charge in [0, 0.05) is 10.8 Å². The molecule has 3 heteroatoms. The minimum Gasteiger partial charge on any atom is -0.354 e. The molecule has 0 aromatic heterocycles. The van der Waals surface area contributed by atoms with Crippen LogP contribution in [-0.2, 0) is 14.3 Å². The average molecular weight is 338 g/mol. The zero-order valence-corrected chi connectivity index (χ0v) is 15.5. The zero-order valence-electron chi connectivity index (χ0n) is 15.5. The predicted molar refractivity (Wildman–Crippen MR) is 94.9 cm³/mol. The van der Waals surface area contributed by atoms with E-state index >= 15 is 0 Å². The van der Waals surface area contributed by atoms with Crippen molar-refractivity contribution in [3.05, 3.63) is 35.5 Å². The molecule has 0 bridgehead atoms. The molecule has 0 N–H and O–H groups in total. The summed E-state index contributed by atoms with van der Waals surface area (Å²) in [5.74, 6) is 1.29. The maximum atomic E-state index is 12.6. The van der Waals surface area contributed by atoms with Gasteiger partial charge in [-0.25, -0.2) is 0 Å². The number of fused-ring (bicyclic) bond motifs is 7. The van der Waals surface area contributed by atoms with Crippen molar-refractivity contribution in [1.29, 1.82) is 0 Å². The van der Waals surface area contributed by atoms with Crippen molar-refractivity contribution in [2.45, 2.75) is 64.6 Å². The van der Waals surface area contributed by atoms with Gasteiger partial charge in [-0.1, -0.05) is 30.2 Å². The summed E-state index contributed by atoms with van der Waals surface area (Å²) in [6, 6.07) is 0. The van der Waals surface area contributed by atoms with E-state index in [4.69, 9.17) is 4.74 Å². The quantitative estimate of drug-likeness (QED) is 0.537. The molecule has 1 aliphatic heterocycles. The Morgan fingerprint density at radius 3 is 2.76 bits per heavy atom. The predicted octanol–water partition coefficient (Wildman–Crippen LogP) is 3.94. The minimum atomic E-state index is -0.581. The van der Waals surface area contributed by atoms with Gasteiger partial charge in [-0.15, -0.1) is 0 Å². The fraction of sp³-hybridized carbons (Fsp3) is 0.636. The van der Waals surface area contributed by atoms with Gasteiger partial charge in [-0.2, -0.15) is 0 Å². The van der Waals surface area contributed by atoms with Crippen LogP contribution in [0.2, 0.25) is 0 Å². The summed E-state index contributed by atoms with van der Waals surface area (Å²) in [6.45, 7) is 8.37. The van der Waals surface area contributed by atoms with Crippen molar-refractivity contribution in [1.82, 2.24) is 0 Å². The Labute approximate surface area is 149 Å². The first kappa shape index (κ1) is 15.7. The van der Waals surface area contributed by atoms with Crippen LogP contribution in [0.3, 0.4) is 0 Å². The molecular weight excluding hydrogens is 312 g/mol. The molecule has 0 radical (unpaired) electrons. The number of ketones is 2. The number of allylic oxidation sites excluding steroid dienone is 6. The molecule has 5 aliphatic rings. The van der Waals surface area contributed by atoms with Gasteiger partial charge in [0.05, 0.1) is 0 Å². The Morgan fingerprint density at radius 2 is 2.04 bits per heavy atom. The van der Waals surface area contributed by atoms with Crippen LogP contribution in [0.4, 0.5) is 0 Å². The Bertz CT molecular complexity index is 817. The topological polar surface area (TPSA) is 46.7 Å². The molecule has 132 valence electrons. The largest absolute Gasteiger partial charge is 0.354 e. The van der Waals surface area contributed by atoms with E-state index in [-0.39, 0.29) is 28.0 Å². The molecule has 0 amide bonds. The van der Waals surface area contributed by atoms with Crippen LogP contribution in [0, 0.1) is 22.7 Å². The summed E-state index contributed by atoms with van der Waals surface area (Å²) in [7, 11) is 0. The summed E-state index contributed by atoms with van der Waals surface area (Å²) in [5, 5.41) is 0.